The van der Waals surface area contributed by atoms with Gasteiger partial charge in [0.1, 0.15) is 5.75 Å². The van der Waals surface area contributed by atoms with E-state index < -0.39 is 0 Å². The molecule has 1 fully saturated rings. The van der Waals surface area contributed by atoms with E-state index in [9.17, 15) is 14.7 Å². The number of hydrogen-bond acceptors (Lipinski definition) is 4. The Morgan fingerprint density at radius 3 is 2.13 bits per heavy atom. The number of likely N-dealkylation sites (tertiary alicyclic amines) is 1. The molecule has 0 atom stereocenters. The molecule has 1 heterocycles. The van der Waals surface area contributed by atoms with Crippen LogP contribution < -0.4 is 0 Å². The summed E-state index contributed by atoms with van der Waals surface area (Å²) >= 11 is 1.67. The van der Waals surface area contributed by atoms with Crippen molar-refractivity contribution in [3.63, 3.8) is 0 Å². The molecule has 4 nitrogen and oxygen atoms in total. The second kappa shape index (κ2) is 9.18. The van der Waals surface area contributed by atoms with Crippen molar-refractivity contribution < 1.29 is 14.7 Å². The molecule has 3 aromatic rings. The Morgan fingerprint density at radius 1 is 0.800 bits per heavy atom. The topological polar surface area (TPSA) is 57.6 Å². The Balaban J connectivity index is 1.34. The number of hydrogen-bond donors (Lipinski definition) is 1. The van der Waals surface area contributed by atoms with Crippen LogP contribution in [0.1, 0.15) is 33.6 Å². The summed E-state index contributed by atoms with van der Waals surface area (Å²) in [5.41, 5.74) is 1.21. The number of benzene rings is 3. The van der Waals surface area contributed by atoms with Crippen LogP contribution in [0.5, 0.6) is 5.75 Å². The minimum Gasteiger partial charge on any atom is -0.508 e. The summed E-state index contributed by atoms with van der Waals surface area (Å²) in [6.07, 6.45) is 1.31. The molecule has 0 radical (unpaired) electrons. The van der Waals surface area contributed by atoms with Crippen molar-refractivity contribution in [2.75, 3.05) is 13.1 Å². The normalized spacial score (nSPS) is 14.5. The lowest BCUT2D eigenvalue weighted by Crippen LogP contribution is -2.40. The quantitative estimate of drug-likeness (QED) is 0.574. The number of carbonyl (C=O) groups excluding carboxylic acids is 2. The fourth-order valence-electron chi connectivity index (χ4n) is 3.71. The second-order valence-electron chi connectivity index (χ2n) is 7.42. The van der Waals surface area contributed by atoms with E-state index in [4.69, 9.17) is 0 Å². The van der Waals surface area contributed by atoms with Gasteiger partial charge in [0.25, 0.3) is 5.91 Å². The molecule has 4 rings (SSSR count). The Bertz CT molecular complexity index is 1030. The largest absolute Gasteiger partial charge is 0.508 e. The van der Waals surface area contributed by atoms with Crippen molar-refractivity contribution in [2.45, 2.75) is 22.6 Å². The first-order valence-corrected chi connectivity index (χ1v) is 10.9. The second-order valence-corrected chi connectivity index (χ2v) is 8.57. The van der Waals surface area contributed by atoms with Crippen LogP contribution in [0.25, 0.3) is 0 Å². The average Bonchev–Trinajstić information content (AvgIpc) is 2.79. The third kappa shape index (κ3) is 4.74. The highest BCUT2D eigenvalue weighted by Gasteiger charge is 2.28. The number of phenolic OH excluding ortho intramolecular Hbond substituents is 1. The van der Waals surface area contributed by atoms with Gasteiger partial charge >= 0.3 is 0 Å². The van der Waals surface area contributed by atoms with Crippen LogP contribution in [0, 0.1) is 5.92 Å². The van der Waals surface area contributed by atoms with Gasteiger partial charge in [0.15, 0.2) is 5.78 Å². The van der Waals surface area contributed by atoms with Crippen LogP contribution in [0.3, 0.4) is 0 Å². The maximum atomic E-state index is 12.9. The highest BCUT2D eigenvalue weighted by Crippen LogP contribution is 2.29. The number of amides is 1. The summed E-state index contributed by atoms with van der Waals surface area (Å²) in [6.45, 7) is 1.10. The summed E-state index contributed by atoms with van der Waals surface area (Å²) in [6, 6.07) is 24.3. The van der Waals surface area contributed by atoms with Crippen molar-refractivity contribution in [2.24, 2.45) is 5.92 Å². The molecular formula is C25H23NO3S. The molecule has 1 aliphatic rings. The summed E-state index contributed by atoms with van der Waals surface area (Å²) in [4.78, 5) is 29.6. The van der Waals surface area contributed by atoms with E-state index >= 15 is 0 Å². The molecule has 0 bridgehead atoms. The molecule has 3 aromatic carbocycles. The van der Waals surface area contributed by atoms with Gasteiger partial charge in [-0.25, -0.2) is 0 Å². The van der Waals surface area contributed by atoms with Gasteiger partial charge in [0.05, 0.1) is 0 Å². The molecule has 152 valence electrons. The minimum atomic E-state index is -0.0981. The van der Waals surface area contributed by atoms with E-state index in [0.717, 1.165) is 10.5 Å². The maximum absolute atomic E-state index is 12.9. The van der Waals surface area contributed by atoms with Gasteiger partial charge < -0.3 is 10.0 Å². The highest BCUT2D eigenvalue weighted by atomic mass is 32.2. The van der Waals surface area contributed by atoms with Crippen molar-refractivity contribution in [1.29, 1.82) is 0 Å². The number of rotatable bonds is 5. The molecule has 5 heteroatoms. The Hall–Kier alpha value is -3.05. The lowest BCUT2D eigenvalue weighted by molar-refractivity contribution is 0.0650. The maximum Gasteiger partial charge on any atom is 0.253 e. The molecule has 1 saturated heterocycles. The summed E-state index contributed by atoms with van der Waals surface area (Å²) in [5.74, 6) is 0.0699. The van der Waals surface area contributed by atoms with Crippen LogP contribution in [0.2, 0.25) is 0 Å². The van der Waals surface area contributed by atoms with Gasteiger partial charge in [-0.2, -0.15) is 0 Å². The van der Waals surface area contributed by atoms with E-state index in [2.05, 4.69) is 12.1 Å². The van der Waals surface area contributed by atoms with Crippen molar-refractivity contribution in [1.82, 2.24) is 4.90 Å². The lowest BCUT2D eigenvalue weighted by Gasteiger charge is -2.31. The number of ketones is 1. The molecule has 0 aromatic heterocycles. The first-order valence-electron chi connectivity index (χ1n) is 10.1. The number of piperidine rings is 1. The molecule has 0 aliphatic carbocycles. The zero-order valence-electron chi connectivity index (χ0n) is 16.5. The highest BCUT2D eigenvalue weighted by molar-refractivity contribution is 7.99. The van der Waals surface area contributed by atoms with E-state index in [1.807, 2.05) is 42.5 Å². The summed E-state index contributed by atoms with van der Waals surface area (Å²) < 4.78 is 0. The van der Waals surface area contributed by atoms with Gasteiger partial charge in [0.2, 0.25) is 0 Å². The first kappa shape index (κ1) is 20.2. The average molecular weight is 418 g/mol. The molecular weight excluding hydrogens is 394 g/mol. The minimum absolute atomic E-state index is 0.0640. The number of Topliss-reactive ketones (excluding diaryl/α,β-unsaturated/α-hetero) is 1. The monoisotopic (exact) mass is 417 g/mol. The van der Waals surface area contributed by atoms with Gasteiger partial charge in [-0.1, -0.05) is 48.2 Å². The van der Waals surface area contributed by atoms with Gasteiger partial charge in [-0.05, 0) is 55.3 Å². The lowest BCUT2D eigenvalue weighted by atomic mass is 9.88. The van der Waals surface area contributed by atoms with Crippen molar-refractivity contribution in [3.05, 3.63) is 90.0 Å². The van der Waals surface area contributed by atoms with Crippen LogP contribution in [-0.4, -0.2) is 34.8 Å². The Kier molecular flexibility index (Phi) is 6.19. The van der Waals surface area contributed by atoms with Gasteiger partial charge in [-0.3, -0.25) is 9.59 Å². The van der Waals surface area contributed by atoms with Crippen LogP contribution in [0.15, 0.2) is 88.7 Å². The third-order valence-corrected chi connectivity index (χ3v) is 6.38. The zero-order chi connectivity index (χ0) is 20.9. The fourth-order valence-corrected chi connectivity index (χ4v) is 4.55. The number of aromatic hydroxyl groups is 1. The van der Waals surface area contributed by atoms with E-state index in [1.54, 1.807) is 34.9 Å². The van der Waals surface area contributed by atoms with Crippen LogP contribution in [-0.2, 0) is 0 Å². The molecule has 30 heavy (non-hydrogen) atoms. The van der Waals surface area contributed by atoms with Crippen molar-refractivity contribution >= 4 is 23.5 Å². The Morgan fingerprint density at radius 2 is 1.47 bits per heavy atom. The van der Waals surface area contributed by atoms with E-state index in [-0.39, 0.29) is 23.4 Å². The predicted molar refractivity (Wildman–Crippen MR) is 118 cm³/mol. The fraction of sp³-hybridized carbons (Fsp3) is 0.200. The molecule has 1 amide bonds. The number of phenols is 1. The van der Waals surface area contributed by atoms with Crippen molar-refractivity contribution in [3.8, 4) is 5.75 Å². The SMILES string of the molecule is O=C(c1ccc(Sc2ccccc2)cc1)C1CCN(C(=O)c2cccc(O)c2)CC1. The van der Waals surface area contributed by atoms with E-state index in [0.29, 0.717) is 31.5 Å². The zero-order valence-corrected chi connectivity index (χ0v) is 17.3. The molecule has 1 aliphatic heterocycles. The number of carbonyl (C=O) groups is 2. The predicted octanol–water partition coefficient (Wildman–Crippen LogP) is 5.28. The molecule has 0 unspecified atom stereocenters. The van der Waals surface area contributed by atoms with Gasteiger partial charge in [0, 0.05) is 39.9 Å². The van der Waals surface area contributed by atoms with Crippen LogP contribution in [0.4, 0.5) is 0 Å². The van der Waals surface area contributed by atoms with Crippen LogP contribution >= 0.6 is 11.8 Å². The molecule has 0 spiro atoms. The summed E-state index contributed by atoms with van der Waals surface area (Å²) in [7, 11) is 0. The Labute approximate surface area is 180 Å². The summed E-state index contributed by atoms with van der Waals surface area (Å²) in [5, 5.41) is 9.59. The standard InChI is InChI=1S/C25H23NO3S/c27-21-6-4-5-20(17-21)25(29)26-15-13-19(14-16-26)24(28)18-9-11-23(12-10-18)30-22-7-2-1-3-8-22/h1-12,17,19,27H,13-16H2. The molecule has 1 N–H and O–H groups in total. The molecule has 0 saturated carbocycles. The van der Waals surface area contributed by atoms with E-state index in [1.165, 1.54) is 11.0 Å². The first-order chi connectivity index (χ1) is 14.6. The van der Waals surface area contributed by atoms with Gasteiger partial charge in [-0.15, -0.1) is 0 Å². The smallest absolute Gasteiger partial charge is 0.253 e. The number of nitrogens with zero attached hydrogens (tertiary/aromatic N) is 1. The third-order valence-electron chi connectivity index (χ3n) is 5.36.